The monoisotopic (exact) mass is 607 g/mol. The Bertz CT molecular complexity index is 1530. The predicted molar refractivity (Wildman–Crippen MR) is 162 cm³/mol. The maximum Gasteiger partial charge on any atom is 0.251 e. The van der Waals surface area contributed by atoms with E-state index >= 15 is 0 Å². The van der Waals surface area contributed by atoms with E-state index < -0.39 is 5.91 Å². The van der Waals surface area contributed by atoms with Gasteiger partial charge in [0.15, 0.2) is 22.5 Å². The molecule has 12 nitrogen and oxygen atoms in total. The fourth-order valence-electron chi connectivity index (χ4n) is 4.17. The normalized spacial score (nSPS) is 10.5. The molecule has 1 aromatic heterocycles. The van der Waals surface area contributed by atoms with Crippen molar-refractivity contribution in [2.24, 2.45) is 0 Å². The van der Waals surface area contributed by atoms with Gasteiger partial charge in [-0.05, 0) is 55.5 Å². The van der Waals surface area contributed by atoms with E-state index in [2.05, 4.69) is 20.8 Å². The summed E-state index contributed by atoms with van der Waals surface area (Å²) in [7, 11) is 6.01. The van der Waals surface area contributed by atoms with Crippen molar-refractivity contribution in [2.45, 2.75) is 18.6 Å². The van der Waals surface area contributed by atoms with Crippen molar-refractivity contribution in [1.29, 1.82) is 0 Å². The summed E-state index contributed by atoms with van der Waals surface area (Å²) in [4.78, 5) is 25.9. The molecule has 0 spiro atoms. The molecule has 2 N–H and O–H groups in total. The van der Waals surface area contributed by atoms with Gasteiger partial charge in [-0.1, -0.05) is 23.9 Å². The van der Waals surface area contributed by atoms with Gasteiger partial charge in [0.2, 0.25) is 11.7 Å². The van der Waals surface area contributed by atoms with Crippen LogP contribution in [0.4, 0.5) is 5.69 Å². The van der Waals surface area contributed by atoms with Crippen molar-refractivity contribution in [3.63, 3.8) is 0 Å². The summed E-state index contributed by atoms with van der Waals surface area (Å²) >= 11 is 1.20. The molecule has 0 aliphatic carbocycles. The van der Waals surface area contributed by atoms with Gasteiger partial charge in [0, 0.05) is 11.3 Å². The fraction of sp³-hybridized carbons (Fsp3) is 0.267. The van der Waals surface area contributed by atoms with E-state index in [1.807, 2.05) is 25.1 Å². The van der Waals surface area contributed by atoms with Crippen LogP contribution in [0.15, 0.2) is 65.8 Å². The van der Waals surface area contributed by atoms with Crippen LogP contribution in [0, 0.1) is 0 Å². The first-order chi connectivity index (χ1) is 20.9. The third kappa shape index (κ3) is 7.49. The summed E-state index contributed by atoms with van der Waals surface area (Å²) in [6.07, 6.45) is 0. The van der Waals surface area contributed by atoms with Gasteiger partial charge in [0.1, 0.15) is 11.5 Å². The molecule has 2 amide bonds. The molecule has 0 aliphatic heterocycles. The molecule has 0 bridgehead atoms. The van der Waals surface area contributed by atoms with Gasteiger partial charge in [0.05, 0.1) is 53.0 Å². The molecule has 0 atom stereocenters. The van der Waals surface area contributed by atoms with Gasteiger partial charge in [-0.3, -0.25) is 14.2 Å². The third-order valence-corrected chi connectivity index (χ3v) is 7.07. The zero-order chi connectivity index (χ0) is 30.8. The van der Waals surface area contributed by atoms with Crippen LogP contribution in [-0.2, 0) is 11.3 Å². The summed E-state index contributed by atoms with van der Waals surface area (Å²) in [5.41, 5.74) is 1.61. The summed E-state index contributed by atoms with van der Waals surface area (Å²) in [6.45, 7) is 2.50. The van der Waals surface area contributed by atoms with Gasteiger partial charge in [-0.15, -0.1) is 10.2 Å². The maximum absolute atomic E-state index is 13.2. The van der Waals surface area contributed by atoms with E-state index in [0.29, 0.717) is 57.5 Å². The van der Waals surface area contributed by atoms with Crippen LogP contribution >= 0.6 is 11.8 Å². The number of thioether (sulfide) groups is 1. The molecule has 43 heavy (non-hydrogen) atoms. The highest BCUT2D eigenvalue weighted by molar-refractivity contribution is 7.99. The lowest BCUT2D eigenvalue weighted by atomic mass is 10.1. The van der Waals surface area contributed by atoms with E-state index in [4.69, 9.17) is 23.7 Å². The smallest absolute Gasteiger partial charge is 0.251 e. The van der Waals surface area contributed by atoms with Gasteiger partial charge in [-0.25, -0.2) is 0 Å². The third-order valence-electron chi connectivity index (χ3n) is 6.14. The summed E-state index contributed by atoms with van der Waals surface area (Å²) in [6, 6.07) is 17.6. The van der Waals surface area contributed by atoms with Crippen molar-refractivity contribution < 1.29 is 33.3 Å². The lowest BCUT2D eigenvalue weighted by molar-refractivity contribution is -0.113. The number of hydrogen-bond donors (Lipinski definition) is 2. The number of hydrogen-bond acceptors (Lipinski definition) is 10. The van der Waals surface area contributed by atoms with Crippen LogP contribution < -0.4 is 34.3 Å². The highest BCUT2D eigenvalue weighted by Gasteiger charge is 2.21. The topological polar surface area (TPSA) is 135 Å². The molecule has 3 aromatic carbocycles. The molecule has 0 fully saturated rings. The lowest BCUT2D eigenvalue weighted by Crippen LogP contribution is -2.25. The molecule has 0 saturated heterocycles. The summed E-state index contributed by atoms with van der Waals surface area (Å²) < 4.78 is 28.9. The summed E-state index contributed by atoms with van der Waals surface area (Å²) in [5.74, 6) is 2.27. The van der Waals surface area contributed by atoms with E-state index in [1.165, 1.54) is 33.1 Å². The SMILES string of the molecule is CCOc1ccc(NC(=O)CSc2nnc(CNC(=O)c3cc(OC)c(OC)c(OC)c3)n2-c2ccccc2OC)cc1. The minimum absolute atomic E-state index is 0.0273. The van der Waals surface area contributed by atoms with E-state index in [9.17, 15) is 9.59 Å². The number of carbonyl (C=O) groups excluding carboxylic acids is 2. The lowest BCUT2D eigenvalue weighted by Gasteiger charge is -2.15. The van der Waals surface area contributed by atoms with Gasteiger partial charge in [0.25, 0.3) is 5.91 Å². The van der Waals surface area contributed by atoms with E-state index in [0.717, 1.165) is 5.75 Å². The Morgan fingerprint density at radius 1 is 0.860 bits per heavy atom. The molecule has 4 rings (SSSR count). The Hall–Kier alpha value is -4.91. The molecule has 226 valence electrons. The quantitative estimate of drug-likeness (QED) is 0.199. The minimum Gasteiger partial charge on any atom is -0.495 e. The number of anilines is 1. The number of methoxy groups -OCH3 is 4. The average molecular weight is 608 g/mol. The summed E-state index contributed by atoms with van der Waals surface area (Å²) in [5, 5.41) is 14.8. The largest absolute Gasteiger partial charge is 0.495 e. The van der Waals surface area contributed by atoms with Crippen LogP contribution in [0.2, 0.25) is 0 Å². The van der Waals surface area contributed by atoms with Gasteiger partial charge < -0.3 is 34.3 Å². The number of para-hydroxylation sites is 2. The zero-order valence-corrected chi connectivity index (χ0v) is 25.3. The number of nitrogens with zero attached hydrogens (tertiary/aromatic N) is 3. The Morgan fingerprint density at radius 3 is 2.16 bits per heavy atom. The van der Waals surface area contributed by atoms with Gasteiger partial charge in [-0.2, -0.15) is 0 Å². The van der Waals surface area contributed by atoms with Crippen LogP contribution in [0.1, 0.15) is 23.1 Å². The van der Waals surface area contributed by atoms with Crippen LogP contribution in [0.25, 0.3) is 5.69 Å². The van der Waals surface area contributed by atoms with Crippen molar-refractivity contribution in [2.75, 3.05) is 46.1 Å². The second kappa shape index (κ2) is 14.8. The average Bonchev–Trinajstić information content (AvgIpc) is 3.45. The number of ether oxygens (including phenoxy) is 5. The number of benzene rings is 3. The second-order valence-electron chi connectivity index (χ2n) is 8.80. The first-order valence-corrected chi connectivity index (χ1v) is 14.2. The molecule has 0 radical (unpaired) electrons. The molecular formula is C30H33N5O7S. The van der Waals surface area contributed by atoms with E-state index in [1.54, 1.807) is 54.1 Å². The molecular weight excluding hydrogens is 574 g/mol. The zero-order valence-electron chi connectivity index (χ0n) is 24.5. The van der Waals surface area contributed by atoms with Crippen molar-refractivity contribution in [3.8, 4) is 34.4 Å². The number of rotatable bonds is 14. The molecule has 4 aromatic rings. The molecule has 13 heteroatoms. The molecule has 0 saturated carbocycles. The molecule has 1 heterocycles. The highest BCUT2D eigenvalue weighted by atomic mass is 32.2. The van der Waals surface area contributed by atoms with Crippen molar-refractivity contribution in [1.82, 2.24) is 20.1 Å². The molecule has 0 unspecified atom stereocenters. The van der Waals surface area contributed by atoms with Crippen molar-refractivity contribution >= 4 is 29.3 Å². The van der Waals surface area contributed by atoms with Crippen molar-refractivity contribution in [3.05, 3.63) is 72.1 Å². The van der Waals surface area contributed by atoms with Gasteiger partial charge >= 0.3 is 0 Å². The predicted octanol–water partition coefficient (Wildman–Crippen LogP) is 4.36. The maximum atomic E-state index is 13.2. The fourth-order valence-corrected chi connectivity index (χ4v) is 4.93. The Kier molecular flexibility index (Phi) is 10.7. The highest BCUT2D eigenvalue weighted by Crippen LogP contribution is 2.38. The minimum atomic E-state index is -0.391. The Morgan fingerprint density at radius 2 is 1.53 bits per heavy atom. The Labute approximate surface area is 253 Å². The number of aromatic nitrogens is 3. The number of amides is 2. The van der Waals surface area contributed by atoms with Crippen LogP contribution in [-0.4, -0.2) is 67.4 Å². The second-order valence-corrected chi connectivity index (χ2v) is 9.74. The first kappa shape index (κ1) is 31.0. The number of nitrogens with one attached hydrogen (secondary N) is 2. The first-order valence-electron chi connectivity index (χ1n) is 13.2. The van der Waals surface area contributed by atoms with Crippen LogP contribution in [0.5, 0.6) is 28.7 Å². The Balaban J connectivity index is 1.53. The standard InChI is InChI=1S/C30H33N5O7S/c1-6-42-21-13-11-20(12-14-21)32-27(36)18-43-30-34-33-26(35(30)22-9-7-8-10-23(22)38-2)17-31-29(37)19-15-24(39-3)28(41-5)25(16-19)40-4/h7-16H,6,17-18H2,1-5H3,(H,31,37)(H,32,36). The molecule has 0 aliphatic rings. The van der Waals surface area contributed by atoms with E-state index in [-0.39, 0.29) is 18.2 Å². The van der Waals surface area contributed by atoms with Crippen LogP contribution in [0.3, 0.4) is 0 Å². The number of carbonyl (C=O) groups is 2.